The number of fused-ring (bicyclic) bond motifs is 3. The van der Waals surface area contributed by atoms with Gasteiger partial charge in [-0.05, 0) is 60.9 Å². The summed E-state index contributed by atoms with van der Waals surface area (Å²) in [7, 11) is 0. The summed E-state index contributed by atoms with van der Waals surface area (Å²) in [6, 6.07) is 19.1. The number of thiazole rings is 1. The van der Waals surface area contributed by atoms with Crippen LogP contribution >= 0.6 is 11.3 Å². The van der Waals surface area contributed by atoms with Gasteiger partial charge < -0.3 is 10.0 Å². The van der Waals surface area contributed by atoms with E-state index >= 15 is 0 Å². The zero-order valence-corrected chi connectivity index (χ0v) is 22.6. The Balaban J connectivity index is 0.00000158. The SMILES string of the molecule is FF.O=C(Nc1nc2c(s1)CCc1ccccc1-2)c1ccc(N2CCCC(O)(c3cccc(CF)c3)CC2)nc1. The molecule has 4 aromatic rings. The number of anilines is 2. The Morgan fingerprint density at radius 3 is 2.70 bits per heavy atom. The Bertz CT molecular complexity index is 1480. The van der Waals surface area contributed by atoms with Crippen molar-refractivity contribution in [3.8, 4) is 11.3 Å². The fourth-order valence-corrected chi connectivity index (χ4v) is 6.43. The number of carbonyl (C=O) groups is 1. The van der Waals surface area contributed by atoms with Crippen LogP contribution in [-0.2, 0) is 25.1 Å². The van der Waals surface area contributed by atoms with E-state index in [2.05, 4.69) is 27.3 Å². The van der Waals surface area contributed by atoms with Crippen LogP contribution in [0.4, 0.5) is 24.5 Å². The number of amides is 1. The summed E-state index contributed by atoms with van der Waals surface area (Å²) in [5, 5.41) is 14.9. The quantitative estimate of drug-likeness (QED) is 0.280. The van der Waals surface area contributed by atoms with Gasteiger partial charge in [0.05, 0.1) is 16.9 Å². The van der Waals surface area contributed by atoms with Crippen LogP contribution in [0.2, 0.25) is 0 Å². The van der Waals surface area contributed by atoms with Crippen LogP contribution in [0.5, 0.6) is 0 Å². The molecule has 0 saturated carbocycles. The number of benzene rings is 2. The lowest BCUT2D eigenvalue weighted by Gasteiger charge is -2.28. The molecule has 3 heterocycles. The molecule has 1 amide bonds. The van der Waals surface area contributed by atoms with Crippen molar-refractivity contribution in [3.63, 3.8) is 0 Å². The van der Waals surface area contributed by atoms with E-state index in [0.29, 0.717) is 35.6 Å². The Morgan fingerprint density at radius 2 is 1.90 bits per heavy atom. The Labute approximate surface area is 234 Å². The predicted octanol–water partition coefficient (Wildman–Crippen LogP) is 6.74. The Hall–Kier alpha value is -3.76. The summed E-state index contributed by atoms with van der Waals surface area (Å²) in [5.41, 5.74) is 4.24. The van der Waals surface area contributed by atoms with E-state index < -0.39 is 12.3 Å². The van der Waals surface area contributed by atoms with Crippen molar-refractivity contribution in [2.75, 3.05) is 23.3 Å². The number of pyridine rings is 1. The minimum Gasteiger partial charge on any atom is -0.385 e. The number of aromatic nitrogens is 2. The molecule has 1 aliphatic heterocycles. The zero-order chi connectivity index (χ0) is 28.1. The summed E-state index contributed by atoms with van der Waals surface area (Å²) in [6.07, 6.45) is 5.41. The molecule has 1 fully saturated rings. The summed E-state index contributed by atoms with van der Waals surface area (Å²) in [4.78, 5) is 25.6. The molecule has 6 nitrogen and oxygen atoms in total. The summed E-state index contributed by atoms with van der Waals surface area (Å²) >= 11 is 1.53. The van der Waals surface area contributed by atoms with Crippen molar-refractivity contribution in [2.24, 2.45) is 0 Å². The minimum atomic E-state index is -0.993. The van der Waals surface area contributed by atoms with Crippen molar-refractivity contribution in [1.82, 2.24) is 9.97 Å². The van der Waals surface area contributed by atoms with E-state index in [0.717, 1.165) is 48.4 Å². The fourth-order valence-electron chi connectivity index (χ4n) is 5.46. The minimum absolute atomic E-state index is 0.235. The largest absolute Gasteiger partial charge is 0.385 e. The molecule has 2 aromatic heterocycles. The van der Waals surface area contributed by atoms with E-state index in [1.54, 1.807) is 30.5 Å². The first-order valence-corrected chi connectivity index (χ1v) is 14.0. The average Bonchev–Trinajstić information content (AvgIpc) is 3.32. The van der Waals surface area contributed by atoms with Gasteiger partial charge in [-0.1, -0.05) is 48.5 Å². The molecule has 2 aromatic carbocycles. The number of alkyl halides is 1. The number of nitrogens with zero attached hydrogens (tertiary/aromatic N) is 3. The van der Waals surface area contributed by atoms with Gasteiger partial charge in [0, 0.05) is 38.9 Å². The number of carbonyl (C=O) groups excluding carboxylic acids is 1. The van der Waals surface area contributed by atoms with Crippen LogP contribution in [0.25, 0.3) is 11.3 Å². The molecule has 0 spiro atoms. The highest BCUT2D eigenvalue weighted by Crippen LogP contribution is 2.38. The summed E-state index contributed by atoms with van der Waals surface area (Å²) < 4.78 is 29.2. The maximum atomic E-state index is 13.2. The average molecular weight is 567 g/mol. The number of nitrogens with one attached hydrogen (secondary N) is 1. The standard InChI is InChI=1S/C30H29FN4O2S.F2/c31-18-20-5-3-7-23(17-20)30(37)13-4-15-35(16-14-30)26-12-10-22(19-32-26)28(36)34-29-33-27-24-8-2-1-6-21(24)9-11-25(27)38-29;1-2/h1-3,5-8,10,12,17,19,37H,4,9,11,13-16,18H2,(H,33,34,36);. The van der Waals surface area contributed by atoms with Crippen molar-refractivity contribution < 1.29 is 23.4 Å². The summed E-state index contributed by atoms with van der Waals surface area (Å²) in [5.74, 6) is 0.533. The second-order valence-corrected chi connectivity index (χ2v) is 11.1. The van der Waals surface area contributed by atoms with E-state index in [1.807, 2.05) is 24.3 Å². The van der Waals surface area contributed by atoms with Gasteiger partial charge >= 0.3 is 0 Å². The van der Waals surface area contributed by atoms with Gasteiger partial charge in [-0.15, -0.1) is 11.3 Å². The van der Waals surface area contributed by atoms with Crippen molar-refractivity contribution in [3.05, 3.63) is 94.0 Å². The van der Waals surface area contributed by atoms with Gasteiger partial charge in [0.15, 0.2) is 5.13 Å². The molecule has 1 aliphatic carbocycles. The van der Waals surface area contributed by atoms with Gasteiger partial charge in [-0.3, -0.25) is 10.1 Å². The molecule has 2 N–H and O–H groups in total. The number of rotatable bonds is 5. The molecule has 2 aliphatic rings. The second kappa shape index (κ2) is 12.2. The molecular weight excluding hydrogens is 537 g/mol. The normalized spacial score (nSPS) is 18.1. The van der Waals surface area contributed by atoms with E-state index in [1.165, 1.54) is 21.8 Å². The third-order valence-electron chi connectivity index (χ3n) is 7.58. The smallest absolute Gasteiger partial charge is 0.259 e. The van der Waals surface area contributed by atoms with Gasteiger partial charge in [-0.2, -0.15) is 0 Å². The van der Waals surface area contributed by atoms with Crippen LogP contribution in [0.15, 0.2) is 66.9 Å². The highest BCUT2D eigenvalue weighted by Gasteiger charge is 2.32. The highest BCUT2D eigenvalue weighted by atomic mass is 32.1. The van der Waals surface area contributed by atoms with Crippen LogP contribution in [0.3, 0.4) is 0 Å². The van der Waals surface area contributed by atoms with E-state index in [4.69, 9.17) is 14.1 Å². The van der Waals surface area contributed by atoms with Gasteiger partial charge in [-0.25, -0.2) is 14.4 Å². The monoisotopic (exact) mass is 566 g/mol. The maximum absolute atomic E-state index is 13.2. The van der Waals surface area contributed by atoms with Crippen LogP contribution in [0.1, 0.15) is 51.2 Å². The topological polar surface area (TPSA) is 78.4 Å². The molecule has 0 bridgehead atoms. The van der Waals surface area contributed by atoms with Crippen molar-refractivity contribution in [1.29, 1.82) is 0 Å². The number of hydrogen-bond acceptors (Lipinski definition) is 6. The third-order valence-corrected chi connectivity index (χ3v) is 8.61. The first-order valence-electron chi connectivity index (χ1n) is 13.1. The van der Waals surface area contributed by atoms with Crippen LogP contribution in [-0.4, -0.2) is 34.1 Å². The molecule has 6 rings (SSSR count). The molecule has 1 saturated heterocycles. The third kappa shape index (κ3) is 5.73. The first kappa shape index (κ1) is 27.8. The molecule has 208 valence electrons. The van der Waals surface area contributed by atoms with E-state index in [-0.39, 0.29) is 5.91 Å². The number of aryl methyl sites for hydroxylation is 2. The summed E-state index contributed by atoms with van der Waals surface area (Å²) in [6.45, 7) is 0.815. The predicted molar refractivity (Wildman–Crippen MR) is 151 cm³/mol. The lowest BCUT2D eigenvalue weighted by atomic mass is 9.86. The fraction of sp³-hybridized carbons (Fsp3) is 0.300. The zero-order valence-electron chi connectivity index (χ0n) is 21.7. The first-order chi connectivity index (χ1) is 19.5. The van der Waals surface area contributed by atoms with Crippen molar-refractivity contribution >= 4 is 28.2 Å². The number of aliphatic hydroxyl groups is 1. The van der Waals surface area contributed by atoms with Gasteiger partial charge in [0.25, 0.3) is 5.91 Å². The Kier molecular flexibility index (Phi) is 8.46. The van der Waals surface area contributed by atoms with Crippen LogP contribution < -0.4 is 10.2 Å². The maximum Gasteiger partial charge on any atom is 0.259 e. The molecular formula is C30H29F3N4O2S. The molecule has 1 unspecified atom stereocenters. The lowest BCUT2D eigenvalue weighted by Crippen LogP contribution is -2.29. The molecule has 1 atom stereocenters. The number of hydrogen-bond donors (Lipinski definition) is 2. The Morgan fingerprint density at radius 1 is 1.05 bits per heavy atom. The van der Waals surface area contributed by atoms with Crippen molar-refractivity contribution in [2.45, 2.75) is 44.4 Å². The van der Waals surface area contributed by atoms with Gasteiger partial charge in [0.1, 0.15) is 12.5 Å². The number of halogens is 3. The van der Waals surface area contributed by atoms with Crippen LogP contribution in [0, 0.1) is 0 Å². The van der Waals surface area contributed by atoms with E-state index in [9.17, 15) is 14.3 Å². The molecule has 10 heteroatoms. The second-order valence-electron chi connectivity index (χ2n) is 10.0. The lowest BCUT2D eigenvalue weighted by molar-refractivity contribution is 0.0243. The molecule has 0 radical (unpaired) electrons. The van der Waals surface area contributed by atoms with Gasteiger partial charge in [0.2, 0.25) is 0 Å². The highest BCUT2D eigenvalue weighted by molar-refractivity contribution is 7.16. The molecule has 40 heavy (non-hydrogen) atoms.